The molecule has 1 aliphatic heterocycles. The Morgan fingerprint density at radius 1 is 1.13 bits per heavy atom. The summed E-state index contributed by atoms with van der Waals surface area (Å²) in [6.07, 6.45) is 2.78. The summed E-state index contributed by atoms with van der Waals surface area (Å²) in [7, 11) is 1.60. The van der Waals surface area contributed by atoms with Crippen LogP contribution in [0.15, 0.2) is 59.2 Å². The summed E-state index contributed by atoms with van der Waals surface area (Å²) in [5.74, 6) is 0.995. The quantitative estimate of drug-likeness (QED) is 0.882. The van der Waals surface area contributed by atoms with Gasteiger partial charge in [-0.1, -0.05) is 43.3 Å². The molecule has 116 valence electrons. The maximum Gasteiger partial charge on any atom is 0.275 e. The maximum atomic E-state index is 12.2. The summed E-state index contributed by atoms with van der Waals surface area (Å²) >= 11 is 0. The number of ether oxygens (including phenoxy) is 1. The highest BCUT2D eigenvalue weighted by Gasteiger charge is 2.23. The van der Waals surface area contributed by atoms with Crippen LogP contribution < -0.4 is 10.1 Å². The summed E-state index contributed by atoms with van der Waals surface area (Å²) in [6, 6.07) is 15.6. The number of aliphatic imine (C=N–C) groups is 1. The van der Waals surface area contributed by atoms with Gasteiger partial charge in [-0.15, -0.1) is 0 Å². The number of carbonyl (C=O) groups is 1. The summed E-state index contributed by atoms with van der Waals surface area (Å²) in [4.78, 5) is 16.6. The smallest absolute Gasteiger partial charge is 0.275 e. The standard InChI is InChI=1S/C19H18N2O2/c1-3-13-8-10-14(11-9-13)12-16-19(22)21-18(20-16)15-6-4-5-7-17(15)23-2/h4-12H,3H2,1-2H3,(H,20,21,22)/b16-12+. The molecule has 0 fully saturated rings. The zero-order chi connectivity index (χ0) is 16.2. The van der Waals surface area contributed by atoms with Gasteiger partial charge in [0.05, 0.1) is 12.7 Å². The second-order valence-electron chi connectivity index (χ2n) is 5.24. The number of rotatable bonds is 4. The lowest BCUT2D eigenvalue weighted by Gasteiger charge is -2.06. The van der Waals surface area contributed by atoms with Crippen LogP contribution in [0, 0.1) is 0 Å². The van der Waals surface area contributed by atoms with E-state index in [1.165, 1.54) is 5.56 Å². The van der Waals surface area contributed by atoms with Crippen LogP contribution >= 0.6 is 0 Å². The van der Waals surface area contributed by atoms with Gasteiger partial charge in [-0.2, -0.15) is 0 Å². The molecule has 0 aromatic heterocycles. The molecule has 0 saturated carbocycles. The number of benzene rings is 2. The van der Waals surface area contributed by atoms with Gasteiger partial charge in [0, 0.05) is 0 Å². The minimum Gasteiger partial charge on any atom is -0.496 e. The fourth-order valence-electron chi connectivity index (χ4n) is 2.44. The van der Waals surface area contributed by atoms with Crippen molar-refractivity contribution >= 4 is 17.8 Å². The highest BCUT2D eigenvalue weighted by atomic mass is 16.5. The van der Waals surface area contributed by atoms with Crippen LogP contribution in [0.5, 0.6) is 5.75 Å². The molecule has 23 heavy (non-hydrogen) atoms. The highest BCUT2D eigenvalue weighted by molar-refractivity contribution is 6.20. The molecule has 3 rings (SSSR count). The minimum atomic E-state index is -0.203. The molecule has 4 heteroatoms. The van der Waals surface area contributed by atoms with E-state index < -0.39 is 0 Å². The number of nitrogens with one attached hydrogen (secondary N) is 1. The SMILES string of the molecule is CCc1ccc(/C=C2/N=C(c3ccccc3OC)NC2=O)cc1. The number of para-hydroxylation sites is 1. The van der Waals surface area contributed by atoms with Gasteiger partial charge in [0.25, 0.3) is 5.91 Å². The number of nitrogens with zero attached hydrogens (tertiary/aromatic N) is 1. The van der Waals surface area contributed by atoms with Gasteiger partial charge in [-0.05, 0) is 35.8 Å². The molecule has 1 heterocycles. The van der Waals surface area contributed by atoms with Crippen LogP contribution in [0.25, 0.3) is 6.08 Å². The molecule has 0 bridgehead atoms. The molecule has 0 radical (unpaired) electrons. The molecule has 1 amide bonds. The fraction of sp³-hybridized carbons (Fsp3) is 0.158. The van der Waals surface area contributed by atoms with E-state index in [0.717, 1.165) is 17.5 Å². The van der Waals surface area contributed by atoms with Crippen molar-refractivity contribution < 1.29 is 9.53 Å². The van der Waals surface area contributed by atoms with Crippen LogP contribution in [0.1, 0.15) is 23.6 Å². The lowest BCUT2D eigenvalue weighted by atomic mass is 10.1. The van der Waals surface area contributed by atoms with Gasteiger partial charge in [0.1, 0.15) is 17.3 Å². The first-order chi connectivity index (χ1) is 11.2. The van der Waals surface area contributed by atoms with Crippen LogP contribution in [0.2, 0.25) is 0 Å². The molecule has 4 nitrogen and oxygen atoms in total. The Labute approximate surface area is 135 Å². The topological polar surface area (TPSA) is 50.7 Å². The van der Waals surface area contributed by atoms with Crippen LogP contribution in [0.3, 0.4) is 0 Å². The van der Waals surface area contributed by atoms with E-state index >= 15 is 0 Å². The van der Waals surface area contributed by atoms with E-state index in [0.29, 0.717) is 17.3 Å². The molecule has 2 aromatic rings. The number of methoxy groups -OCH3 is 1. The average molecular weight is 306 g/mol. The van der Waals surface area contributed by atoms with E-state index in [4.69, 9.17) is 4.74 Å². The van der Waals surface area contributed by atoms with E-state index in [2.05, 4.69) is 29.4 Å². The number of hydrogen-bond acceptors (Lipinski definition) is 3. The Bertz CT molecular complexity index is 789. The van der Waals surface area contributed by atoms with E-state index in [-0.39, 0.29) is 5.91 Å². The van der Waals surface area contributed by atoms with Crippen molar-refractivity contribution in [1.82, 2.24) is 5.32 Å². The zero-order valence-electron chi connectivity index (χ0n) is 13.2. The van der Waals surface area contributed by atoms with E-state index in [1.54, 1.807) is 13.2 Å². The van der Waals surface area contributed by atoms with Crippen LogP contribution in [0.4, 0.5) is 0 Å². The number of amidine groups is 1. The van der Waals surface area contributed by atoms with Gasteiger partial charge in [-0.3, -0.25) is 4.79 Å². The normalized spacial score (nSPS) is 15.5. The van der Waals surface area contributed by atoms with Crippen molar-refractivity contribution in [3.8, 4) is 5.75 Å². The maximum absolute atomic E-state index is 12.2. The summed E-state index contributed by atoms with van der Waals surface area (Å²) < 4.78 is 5.32. The molecule has 1 N–H and O–H groups in total. The zero-order valence-corrected chi connectivity index (χ0v) is 13.2. The molecule has 0 spiro atoms. The third kappa shape index (κ3) is 3.16. The van der Waals surface area contributed by atoms with Crippen LogP contribution in [-0.4, -0.2) is 18.9 Å². The van der Waals surface area contributed by atoms with Crippen molar-refractivity contribution in [1.29, 1.82) is 0 Å². The van der Waals surface area contributed by atoms with Gasteiger partial charge in [-0.25, -0.2) is 4.99 Å². The predicted octanol–water partition coefficient (Wildman–Crippen LogP) is 3.18. The third-order valence-corrected chi connectivity index (χ3v) is 3.75. The van der Waals surface area contributed by atoms with Crippen LogP contribution in [-0.2, 0) is 11.2 Å². The molecule has 0 saturated heterocycles. The number of amides is 1. The highest BCUT2D eigenvalue weighted by Crippen LogP contribution is 2.22. The summed E-state index contributed by atoms with van der Waals surface area (Å²) in [6.45, 7) is 2.11. The van der Waals surface area contributed by atoms with Crippen molar-refractivity contribution in [3.63, 3.8) is 0 Å². The first-order valence-corrected chi connectivity index (χ1v) is 7.55. The Hall–Kier alpha value is -2.88. The lowest BCUT2D eigenvalue weighted by molar-refractivity contribution is -0.115. The number of aryl methyl sites for hydroxylation is 1. The molecule has 2 aromatic carbocycles. The predicted molar refractivity (Wildman–Crippen MR) is 91.5 cm³/mol. The minimum absolute atomic E-state index is 0.203. The number of hydrogen-bond donors (Lipinski definition) is 1. The summed E-state index contributed by atoms with van der Waals surface area (Å²) in [5, 5.41) is 2.80. The second-order valence-corrected chi connectivity index (χ2v) is 5.24. The van der Waals surface area contributed by atoms with Crippen molar-refractivity contribution in [3.05, 3.63) is 70.9 Å². The van der Waals surface area contributed by atoms with E-state index in [9.17, 15) is 4.79 Å². The Morgan fingerprint density at radius 3 is 2.57 bits per heavy atom. The van der Waals surface area contributed by atoms with Gasteiger partial charge < -0.3 is 10.1 Å². The molecule has 0 atom stereocenters. The van der Waals surface area contributed by atoms with Gasteiger partial charge >= 0.3 is 0 Å². The number of carbonyl (C=O) groups excluding carboxylic acids is 1. The van der Waals surface area contributed by atoms with Crippen molar-refractivity contribution in [2.75, 3.05) is 7.11 Å². The molecular formula is C19H18N2O2. The first kappa shape index (κ1) is 15.0. The fourth-order valence-corrected chi connectivity index (χ4v) is 2.44. The molecule has 1 aliphatic rings. The average Bonchev–Trinajstić information content (AvgIpc) is 2.96. The van der Waals surface area contributed by atoms with E-state index in [1.807, 2.05) is 36.4 Å². The van der Waals surface area contributed by atoms with Crippen molar-refractivity contribution in [2.24, 2.45) is 4.99 Å². The lowest BCUT2D eigenvalue weighted by Crippen LogP contribution is -2.25. The van der Waals surface area contributed by atoms with Crippen molar-refractivity contribution in [2.45, 2.75) is 13.3 Å². The van der Waals surface area contributed by atoms with Gasteiger partial charge in [0.2, 0.25) is 0 Å². The second kappa shape index (κ2) is 6.48. The molecule has 0 aliphatic carbocycles. The Balaban J connectivity index is 1.93. The third-order valence-electron chi connectivity index (χ3n) is 3.75. The molecular weight excluding hydrogens is 288 g/mol. The first-order valence-electron chi connectivity index (χ1n) is 7.55. The Kier molecular flexibility index (Phi) is 4.24. The monoisotopic (exact) mass is 306 g/mol. The van der Waals surface area contributed by atoms with Gasteiger partial charge in [0.15, 0.2) is 0 Å². The molecule has 0 unspecified atom stereocenters. The largest absolute Gasteiger partial charge is 0.496 e. The summed E-state index contributed by atoms with van der Waals surface area (Å²) in [5.41, 5.74) is 3.39. The Morgan fingerprint density at radius 2 is 1.87 bits per heavy atom.